The molecule has 2 heterocycles. The Morgan fingerprint density at radius 2 is 1.94 bits per heavy atom. The molecule has 164 valence electrons. The van der Waals surface area contributed by atoms with Gasteiger partial charge in [0, 0.05) is 30.8 Å². The molecular weight excluding hydrogens is 400 g/mol. The van der Waals surface area contributed by atoms with Gasteiger partial charge >= 0.3 is 0 Å². The Bertz CT molecular complexity index is 1150. The van der Waals surface area contributed by atoms with Crippen LogP contribution in [-0.4, -0.2) is 33.5 Å². The van der Waals surface area contributed by atoms with Crippen LogP contribution in [0.15, 0.2) is 48.5 Å². The van der Waals surface area contributed by atoms with Gasteiger partial charge in [0.2, 0.25) is 5.91 Å². The fraction of sp³-hybridized carbons (Fsp3) is 0.346. The summed E-state index contributed by atoms with van der Waals surface area (Å²) < 4.78 is 0. The van der Waals surface area contributed by atoms with Crippen LogP contribution in [0.1, 0.15) is 62.9 Å². The van der Waals surface area contributed by atoms with E-state index in [4.69, 9.17) is 0 Å². The molecule has 2 amide bonds. The lowest BCUT2D eigenvalue weighted by atomic mass is 9.87. The first-order chi connectivity index (χ1) is 15.6. The standard InChI is InChI=1S/C26H28N4O2/c1-17-9-11-18(12-10-17)15-24(31)30-14-13-23-21(16-30)25(29-28-23)26(32)27-22-8-4-6-19-5-2-3-7-20(19)22/h2-3,5,7,9-12,22H,4,6,8,13-16H2,1H3,(H,27,32)(H,28,29). The summed E-state index contributed by atoms with van der Waals surface area (Å²) in [4.78, 5) is 27.9. The maximum absolute atomic E-state index is 13.2. The summed E-state index contributed by atoms with van der Waals surface area (Å²) in [6.45, 7) is 3.09. The number of nitrogens with one attached hydrogen (secondary N) is 2. The average Bonchev–Trinajstić information content (AvgIpc) is 3.24. The number of rotatable bonds is 4. The number of nitrogens with zero attached hydrogens (tertiary/aromatic N) is 2. The molecule has 0 saturated carbocycles. The molecule has 2 aliphatic rings. The topological polar surface area (TPSA) is 78.1 Å². The molecule has 0 bridgehead atoms. The Balaban J connectivity index is 1.29. The molecule has 1 unspecified atom stereocenters. The van der Waals surface area contributed by atoms with Gasteiger partial charge in [-0.05, 0) is 42.9 Å². The van der Waals surface area contributed by atoms with E-state index in [1.54, 1.807) is 0 Å². The van der Waals surface area contributed by atoms with Crippen LogP contribution in [0.3, 0.4) is 0 Å². The molecule has 0 saturated heterocycles. The maximum atomic E-state index is 13.2. The summed E-state index contributed by atoms with van der Waals surface area (Å²) in [7, 11) is 0. The van der Waals surface area contributed by atoms with Crippen molar-refractivity contribution in [1.82, 2.24) is 20.4 Å². The number of aryl methyl sites for hydroxylation is 2. The Kier molecular flexibility index (Phi) is 5.52. The molecule has 0 spiro atoms. The predicted molar refractivity (Wildman–Crippen MR) is 122 cm³/mol. The van der Waals surface area contributed by atoms with E-state index in [0.29, 0.717) is 31.6 Å². The molecule has 1 aliphatic heterocycles. The number of H-pyrrole nitrogens is 1. The van der Waals surface area contributed by atoms with E-state index in [1.165, 1.54) is 16.7 Å². The monoisotopic (exact) mass is 428 g/mol. The van der Waals surface area contributed by atoms with Gasteiger partial charge in [-0.1, -0.05) is 54.1 Å². The van der Waals surface area contributed by atoms with Gasteiger partial charge in [-0.2, -0.15) is 5.10 Å². The molecule has 6 heteroatoms. The number of carbonyl (C=O) groups excluding carboxylic acids is 2. The normalized spacial score (nSPS) is 17.4. The predicted octanol–water partition coefficient (Wildman–Crippen LogP) is 3.65. The van der Waals surface area contributed by atoms with E-state index in [1.807, 2.05) is 42.2 Å². The van der Waals surface area contributed by atoms with Crippen molar-refractivity contribution in [3.05, 3.63) is 87.7 Å². The number of benzene rings is 2. The van der Waals surface area contributed by atoms with Crippen LogP contribution in [0.25, 0.3) is 0 Å². The van der Waals surface area contributed by atoms with Crippen molar-refractivity contribution < 1.29 is 9.59 Å². The summed E-state index contributed by atoms with van der Waals surface area (Å²) in [6.07, 6.45) is 4.09. The summed E-state index contributed by atoms with van der Waals surface area (Å²) in [6, 6.07) is 16.4. The number of aromatic nitrogens is 2. The Morgan fingerprint density at radius 1 is 1.12 bits per heavy atom. The lowest BCUT2D eigenvalue weighted by molar-refractivity contribution is -0.131. The summed E-state index contributed by atoms with van der Waals surface area (Å²) in [5, 5.41) is 10.6. The molecule has 2 aromatic carbocycles. The first kappa shape index (κ1) is 20.5. The van der Waals surface area contributed by atoms with E-state index in [2.05, 4.69) is 33.7 Å². The van der Waals surface area contributed by atoms with Crippen LogP contribution in [0.4, 0.5) is 0 Å². The molecule has 5 rings (SSSR count). The van der Waals surface area contributed by atoms with Gasteiger partial charge in [0.05, 0.1) is 12.5 Å². The number of amides is 2. The molecule has 0 radical (unpaired) electrons. The third-order valence-corrected chi connectivity index (χ3v) is 6.65. The Hall–Kier alpha value is -3.41. The molecule has 2 N–H and O–H groups in total. The number of fused-ring (bicyclic) bond motifs is 2. The highest BCUT2D eigenvalue weighted by Crippen LogP contribution is 2.30. The lowest BCUT2D eigenvalue weighted by Crippen LogP contribution is -2.38. The third-order valence-electron chi connectivity index (χ3n) is 6.65. The molecule has 1 aliphatic carbocycles. The van der Waals surface area contributed by atoms with Crippen LogP contribution in [0.2, 0.25) is 0 Å². The molecular formula is C26H28N4O2. The quantitative estimate of drug-likeness (QED) is 0.666. The number of hydrogen-bond donors (Lipinski definition) is 2. The van der Waals surface area contributed by atoms with E-state index < -0.39 is 0 Å². The molecule has 1 atom stereocenters. The van der Waals surface area contributed by atoms with Crippen LogP contribution in [0.5, 0.6) is 0 Å². The summed E-state index contributed by atoms with van der Waals surface area (Å²) in [5.74, 6) is -0.0923. The first-order valence-electron chi connectivity index (χ1n) is 11.4. The largest absolute Gasteiger partial charge is 0.344 e. The van der Waals surface area contributed by atoms with Gasteiger partial charge in [-0.25, -0.2) is 0 Å². The van der Waals surface area contributed by atoms with Crippen molar-refractivity contribution in [3.63, 3.8) is 0 Å². The minimum absolute atomic E-state index is 0.00247. The van der Waals surface area contributed by atoms with Crippen LogP contribution in [-0.2, 0) is 30.6 Å². The second kappa shape index (κ2) is 8.61. The SMILES string of the molecule is Cc1ccc(CC(=O)N2CCc3[nH]nc(C(=O)NC4CCCc5ccccc54)c3C2)cc1. The highest BCUT2D eigenvalue weighted by Gasteiger charge is 2.29. The highest BCUT2D eigenvalue weighted by molar-refractivity contribution is 5.94. The van der Waals surface area contributed by atoms with Crippen molar-refractivity contribution in [2.24, 2.45) is 0 Å². The second-order valence-electron chi connectivity index (χ2n) is 8.87. The minimum Gasteiger partial charge on any atom is -0.344 e. The molecule has 0 fully saturated rings. The average molecular weight is 429 g/mol. The summed E-state index contributed by atoms with van der Waals surface area (Å²) in [5.41, 5.74) is 6.91. The first-order valence-corrected chi connectivity index (χ1v) is 11.4. The Morgan fingerprint density at radius 3 is 2.78 bits per heavy atom. The van der Waals surface area contributed by atoms with Gasteiger partial charge in [0.25, 0.3) is 5.91 Å². The zero-order chi connectivity index (χ0) is 22.1. The molecule has 32 heavy (non-hydrogen) atoms. The smallest absolute Gasteiger partial charge is 0.272 e. The Labute approximate surface area is 188 Å². The maximum Gasteiger partial charge on any atom is 0.272 e. The highest BCUT2D eigenvalue weighted by atomic mass is 16.2. The molecule has 1 aromatic heterocycles. The summed E-state index contributed by atoms with van der Waals surface area (Å²) >= 11 is 0. The van der Waals surface area contributed by atoms with Gasteiger partial charge in [0.15, 0.2) is 5.69 Å². The van der Waals surface area contributed by atoms with Crippen LogP contribution < -0.4 is 5.32 Å². The van der Waals surface area contributed by atoms with Crippen molar-refractivity contribution in [3.8, 4) is 0 Å². The van der Waals surface area contributed by atoms with Gasteiger partial charge in [0.1, 0.15) is 0 Å². The van der Waals surface area contributed by atoms with Gasteiger partial charge in [-0.3, -0.25) is 14.7 Å². The van der Waals surface area contributed by atoms with Gasteiger partial charge in [-0.15, -0.1) is 0 Å². The van der Waals surface area contributed by atoms with E-state index in [-0.39, 0.29) is 17.9 Å². The van der Waals surface area contributed by atoms with Crippen molar-refractivity contribution in [2.45, 2.75) is 51.6 Å². The van der Waals surface area contributed by atoms with Crippen molar-refractivity contribution >= 4 is 11.8 Å². The van der Waals surface area contributed by atoms with E-state index in [9.17, 15) is 9.59 Å². The van der Waals surface area contributed by atoms with E-state index >= 15 is 0 Å². The number of carbonyl (C=O) groups is 2. The minimum atomic E-state index is -0.169. The fourth-order valence-electron chi connectivity index (χ4n) is 4.82. The lowest BCUT2D eigenvalue weighted by Gasteiger charge is -2.28. The zero-order valence-corrected chi connectivity index (χ0v) is 18.4. The van der Waals surface area contributed by atoms with E-state index in [0.717, 1.165) is 36.1 Å². The van der Waals surface area contributed by atoms with Gasteiger partial charge < -0.3 is 10.2 Å². The van der Waals surface area contributed by atoms with Crippen LogP contribution in [0, 0.1) is 6.92 Å². The molecule has 6 nitrogen and oxygen atoms in total. The zero-order valence-electron chi connectivity index (χ0n) is 18.4. The number of hydrogen-bond acceptors (Lipinski definition) is 3. The van der Waals surface area contributed by atoms with Crippen molar-refractivity contribution in [2.75, 3.05) is 6.54 Å². The second-order valence-corrected chi connectivity index (χ2v) is 8.87. The third kappa shape index (κ3) is 4.05. The van der Waals surface area contributed by atoms with Crippen molar-refractivity contribution in [1.29, 1.82) is 0 Å². The number of aromatic amines is 1. The fourth-order valence-corrected chi connectivity index (χ4v) is 4.82. The van der Waals surface area contributed by atoms with Crippen LogP contribution >= 0.6 is 0 Å². The molecule has 3 aromatic rings.